The number of hydrogen-bond donors (Lipinski definition) is 1. The molecule has 108 valence electrons. The fourth-order valence-corrected chi connectivity index (χ4v) is 3.09. The molecule has 20 heavy (non-hydrogen) atoms. The molecule has 4 heteroatoms. The lowest BCUT2D eigenvalue weighted by Gasteiger charge is -2.35. The zero-order valence-electron chi connectivity index (χ0n) is 12.0. The molecule has 1 N–H and O–H groups in total. The van der Waals surface area contributed by atoms with Gasteiger partial charge in [-0.1, -0.05) is 31.2 Å². The van der Waals surface area contributed by atoms with Gasteiger partial charge in [0.1, 0.15) is 6.17 Å². The molecule has 0 spiro atoms. The average molecular weight is 274 g/mol. The molecule has 1 aromatic carbocycles. The van der Waals surface area contributed by atoms with Crippen LogP contribution in [0.3, 0.4) is 0 Å². The molecule has 2 aliphatic heterocycles. The van der Waals surface area contributed by atoms with Crippen molar-refractivity contribution in [1.29, 1.82) is 0 Å². The van der Waals surface area contributed by atoms with Crippen LogP contribution in [-0.2, 0) is 16.0 Å². The van der Waals surface area contributed by atoms with Gasteiger partial charge in [0.05, 0.1) is 19.2 Å². The summed E-state index contributed by atoms with van der Waals surface area (Å²) in [6.07, 6.45) is 3.12. The number of nitrogens with one attached hydrogen (secondary N) is 1. The first-order valence-corrected chi connectivity index (χ1v) is 7.50. The summed E-state index contributed by atoms with van der Waals surface area (Å²) in [5.74, 6) is 0.185. The quantitative estimate of drug-likeness (QED) is 0.914. The van der Waals surface area contributed by atoms with Crippen LogP contribution in [0.25, 0.3) is 0 Å². The summed E-state index contributed by atoms with van der Waals surface area (Å²) >= 11 is 0. The molecule has 2 fully saturated rings. The van der Waals surface area contributed by atoms with Crippen LogP contribution in [0.4, 0.5) is 0 Å². The molecule has 0 aromatic heterocycles. The van der Waals surface area contributed by atoms with Crippen LogP contribution in [0.15, 0.2) is 24.3 Å². The zero-order valence-corrected chi connectivity index (χ0v) is 12.0. The fraction of sp³-hybridized carbons (Fsp3) is 0.562. The highest BCUT2D eigenvalue weighted by atomic mass is 16.5. The van der Waals surface area contributed by atoms with Gasteiger partial charge in [0.15, 0.2) is 0 Å². The molecule has 0 aliphatic carbocycles. The van der Waals surface area contributed by atoms with Gasteiger partial charge >= 0.3 is 0 Å². The maximum absolute atomic E-state index is 12.2. The monoisotopic (exact) mass is 274 g/mol. The predicted molar refractivity (Wildman–Crippen MR) is 77.3 cm³/mol. The second-order valence-corrected chi connectivity index (χ2v) is 5.55. The molecule has 2 atom stereocenters. The molecule has 1 aromatic rings. The summed E-state index contributed by atoms with van der Waals surface area (Å²) in [4.78, 5) is 14.2. The molecular formula is C16H22N2O2. The maximum Gasteiger partial charge on any atom is 0.238 e. The molecule has 0 bridgehead atoms. The molecule has 0 radical (unpaired) electrons. The van der Waals surface area contributed by atoms with E-state index in [0.29, 0.717) is 13.2 Å². The van der Waals surface area contributed by atoms with E-state index in [-0.39, 0.29) is 18.1 Å². The smallest absolute Gasteiger partial charge is 0.238 e. The maximum atomic E-state index is 12.2. The normalized spacial score (nSPS) is 27.1. The van der Waals surface area contributed by atoms with Crippen molar-refractivity contribution >= 4 is 5.91 Å². The van der Waals surface area contributed by atoms with Crippen molar-refractivity contribution in [2.75, 3.05) is 19.8 Å². The summed E-state index contributed by atoms with van der Waals surface area (Å²) in [6.45, 7) is 4.06. The van der Waals surface area contributed by atoms with E-state index in [1.165, 1.54) is 11.1 Å². The van der Waals surface area contributed by atoms with E-state index in [0.717, 1.165) is 25.9 Å². The van der Waals surface area contributed by atoms with Crippen LogP contribution in [0, 0.1) is 0 Å². The zero-order chi connectivity index (χ0) is 13.9. The van der Waals surface area contributed by atoms with Crippen LogP contribution in [0.1, 0.15) is 37.1 Å². The van der Waals surface area contributed by atoms with Crippen molar-refractivity contribution in [2.45, 2.75) is 38.4 Å². The first-order valence-electron chi connectivity index (χ1n) is 7.50. The van der Waals surface area contributed by atoms with Gasteiger partial charge in [0, 0.05) is 6.61 Å². The second-order valence-electron chi connectivity index (χ2n) is 5.55. The molecule has 2 unspecified atom stereocenters. The average Bonchev–Trinajstić information content (AvgIpc) is 2.90. The Labute approximate surface area is 120 Å². The summed E-state index contributed by atoms with van der Waals surface area (Å²) < 4.78 is 5.54. The van der Waals surface area contributed by atoms with E-state index >= 15 is 0 Å². The van der Waals surface area contributed by atoms with Gasteiger partial charge in [-0.15, -0.1) is 0 Å². The third-order valence-corrected chi connectivity index (χ3v) is 4.25. The second kappa shape index (κ2) is 5.94. The number of nitrogens with zero attached hydrogens (tertiary/aromatic N) is 1. The van der Waals surface area contributed by atoms with Gasteiger partial charge < -0.3 is 9.64 Å². The number of carbonyl (C=O) groups is 1. The van der Waals surface area contributed by atoms with Gasteiger partial charge in [0.2, 0.25) is 5.91 Å². The molecule has 4 nitrogen and oxygen atoms in total. The van der Waals surface area contributed by atoms with Gasteiger partial charge in [0.25, 0.3) is 0 Å². The van der Waals surface area contributed by atoms with E-state index in [1.807, 2.05) is 4.90 Å². The third-order valence-electron chi connectivity index (χ3n) is 4.25. The molecule has 2 aliphatic rings. The molecule has 2 heterocycles. The first kappa shape index (κ1) is 13.6. The van der Waals surface area contributed by atoms with E-state index in [2.05, 4.69) is 36.5 Å². The van der Waals surface area contributed by atoms with E-state index in [4.69, 9.17) is 4.74 Å². The summed E-state index contributed by atoms with van der Waals surface area (Å²) in [6, 6.07) is 8.77. The van der Waals surface area contributed by atoms with Crippen molar-refractivity contribution in [3.63, 3.8) is 0 Å². The van der Waals surface area contributed by atoms with Crippen LogP contribution in [-0.4, -0.2) is 36.6 Å². The van der Waals surface area contributed by atoms with E-state index in [1.54, 1.807) is 0 Å². The lowest BCUT2D eigenvalue weighted by atomic mass is 10.0. The number of carbonyl (C=O) groups excluding carboxylic acids is 1. The van der Waals surface area contributed by atoms with Gasteiger partial charge in [-0.25, -0.2) is 0 Å². The van der Waals surface area contributed by atoms with Gasteiger partial charge in [-0.2, -0.15) is 0 Å². The van der Waals surface area contributed by atoms with Crippen LogP contribution < -0.4 is 5.32 Å². The van der Waals surface area contributed by atoms with Gasteiger partial charge in [-0.05, 0) is 30.4 Å². The largest absolute Gasteiger partial charge is 0.379 e. The van der Waals surface area contributed by atoms with Crippen molar-refractivity contribution in [3.8, 4) is 0 Å². The van der Waals surface area contributed by atoms with Crippen LogP contribution >= 0.6 is 0 Å². The van der Waals surface area contributed by atoms with E-state index < -0.39 is 0 Å². The topological polar surface area (TPSA) is 41.6 Å². The van der Waals surface area contributed by atoms with Crippen LogP contribution in [0.5, 0.6) is 0 Å². The Morgan fingerprint density at radius 2 is 2.15 bits per heavy atom. The number of ether oxygens (including phenoxy) is 1. The van der Waals surface area contributed by atoms with Crippen molar-refractivity contribution in [3.05, 3.63) is 35.4 Å². The standard InChI is InChI=1S/C16H22N2O2/c1-2-12-5-7-13(8-6-12)16-17-10-15(19)18(16)14-4-3-9-20-11-14/h5-8,14,16-17H,2-4,9-11H2,1H3. The third kappa shape index (κ3) is 2.58. The number of amides is 1. The lowest BCUT2D eigenvalue weighted by molar-refractivity contribution is -0.133. The van der Waals surface area contributed by atoms with E-state index in [9.17, 15) is 4.79 Å². The molecule has 2 saturated heterocycles. The lowest BCUT2D eigenvalue weighted by Crippen LogP contribution is -2.44. The number of benzene rings is 1. The summed E-state index contributed by atoms with van der Waals surface area (Å²) in [5.41, 5.74) is 2.49. The summed E-state index contributed by atoms with van der Waals surface area (Å²) in [7, 11) is 0. The highest BCUT2D eigenvalue weighted by molar-refractivity contribution is 5.81. The summed E-state index contributed by atoms with van der Waals surface area (Å²) in [5, 5.41) is 3.33. The minimum Gasteiger partial charge on any atom is -0.379 e. The minimum atomic E-state index is 0.0000983. The van der Waals surface area contributed by atoms with Crippen molar-refractivity contribution in [2.24, 2.45) is 0 Å². The molecule has 3 rings (SSSR count). The Morgan fingerprint density at radius 1 is 1.35 bits per heavy atom. The van der Waals surface area contributed by atoms with Gasteiger partial charge in [-0.3, -0.25) is 10.1 Å². The molecule has 1 amide bonds. The number of rotatable bonds is 3. The highest BCUT2D eigenvalue weighted by Gasteiger charge is 2.37. The minimum absolute atomic E-state index is 0.0000983. The number of aryl methyl sites for hydroxylation is 1. The fourth-order valence-electron chi connectivity index (χ4n) is 3.09. The Morgan fingerprint density at radius 3 is 2.80 bits per heavy atom. The Balaban J connectivity index is 1.80. The van der Waals surface area contributed by atoms with Crippen molar-refractivity contribution < 1.29 is 9.53 Å². The molecule has 0 saturated carbocycles. The Hall–Kier alpha value is -1.39. The first-order chi connectivity index (χ1) is 9.79. The Bertz CT molecular complexity index is 466. The Kier molecular flexibility index (Phi) is 4.03. The number of hydrogen-bond acceptors (Lipinski definition) is 3. The SMILES string of the molecule is CCc1ccc(C2NCC(=O)N2C2CCCOC2)cc1. The highest BCUT2D eigenvalue weighted by Crippen LogP contribution is 2.28. The molecular weight excluding hydrogens is 252 g/mol. The van der Waals surface area contributed by atoms with Crippen molar-refractivity contribution in [1.82, 2.24) is 10.2 Å². The predicted octanol–water partition coefficient (Wildman–Crippen LogP) is 1.86. The van der Waals surface area contributed by atoms with Crippen LogP contribution in [0.2, 0.25) is 0 Å².